The second-order valence-electron chi connectivity index (χ2n) is 11.2. The highest BCUT2D eigenvalue weighted by atomic mass is 16.5. The Morgan fingerprint density at radius 1 is 1.00 bits per heavy atom. The molecule has 0 aromatic heterocycles. The Balaban J connectivity index is 1.86. The summed E-state index contributed by atoms with van der Waals surface area (Å²) in [5, 5.41) is 10.3. The molecule has 186 valence electrons. The number of benzene rings is 1. The van der Waals surface area contributed by atoms with E-state index in [0.29, 0.717) is 48.3 Å². The van der Waals surface area contributed by atoms with Crippen molar-refractivity contribution in [2.24, 2.45) is 17.8 Å². The summed E-state index contributed by atoms with van der Waals surface area (Å²) >= 11 is 0. The van der Waals surface area contributed by atoms with Crippen LogP contribution in [0.15, 0.2) is 0 Å². The molecule has 0 bridgehead atoms. The van der Waals surface area contributed by atoms with Gasteiger partial charge >= 0.3 is 0 Å². The standard InChI is InChI=1S/C29H46O4/c1-19(2)10-8-11-20(3)12-9-13-21(4)14-15-26(31)29(7)17-16-24-25(18-30)27(32)22(5)23(6)28(24)33-29/h18-21,32H,8-17H2,1-7H3/t20-,21-,29+/m1/s1. The van der Waals surface area contributed by atoms with E-state index < -0.39 is 5.60 Å². The van der Waals surface area contributed by atoms with E-state index in [1.54, 1.807) is 6.92 Å². The van der Waals surface area contributed by atoms with E-state index >= 15 is 0 Å². The Hall–Kier alpha value is -1.84. The fraction of sp³-hybridized carbons (Fsp3) is 0.724. The van der Waals surface area contributed by atoms with Gasteiger partial charge in [-0.05, 0) is 68.9 Å². The minimum Gasteiger partial charge on any atom is -0.507 e. The molecule has 0 fully saturated rings. The van der Waals surface area contributed by atoms with Crippen LogP contribution in [0.4, 0.5) is 0 Å². The van der Waals surface area contributed by atoms with Crippen LogP contribution in [0.3, 0.4) is 0 Å². The summed E-state index contributed by atoms with van der Waals surface area (Å²) in [5.41, 5.74) is 1.61. The predicted molar refractivity (Wildman–Crippen MR) is 135 cm³/mol. The molecule has 1 N–H and O–H groups in total. The fourth-order valence-electron chi connectivity index (χ4n) is 5.01. The van der Waals surface area contributed by atoms with E-state index in [1.807, 2.05) is 13.8 Å². The van der Waals surface area contributed by atoms with Gasteiger partial charge in [-0.25, -0.2) is 0 Å². The predicted octanol–water partition coefficient (Wildman–Crippen LogP) is 7.52. The number of hydrogen-bond donors (Lipinski definition) is 1. The van der Waals surface area contributed by atoms with E-state index in [2.05, 4.69) is 27.7 Å². The molecule has 2 rings (SSSR count). The van der Waals surface area contributed by atoms with Crippen molar-refractivity contribution >= 4 is 12.1 Å². The highest BCUT2D eigenvalue weighted by Crippen LogP contribution is 2.43. The molecule has 0 saturated carbocycles. The maximum atomic E-state index is 13.2. The molecule has 1 heterocycles. The van der Waals surface area contributed by atoms with Gasteiger partial charge in [-0.3, -0.25) is 9.59 Å². The van der Waals surface area contributed by atoms with E-state index in [0.717, 1.165) is 29.4 Å². The molecule has 4 nitrogen and oxygen atoms in total. The number of ketones is 1. The molecular weight excluding hydrogens is 412 g/mol. The lowest BCUT2D eigenvalue weighted by atomic mass is 9.83. The van der Waals surface area contributed by atoms with Gasteiger partial charge in [0.2, 0.25) is 0 Å². The second kappa shape index (κ2) is 12.0. The lowest BCUT2D eigenvalue weighted by molar-refractivity contribution is -0.134. The number of rotatable bonds is 13. The maximum Gasteiger partial charge on any atom is 0.176 e. The summed E-state index contributed by atoms with van der Waals surface area (Å²) in [4.78, 5) is 24.7. The quantitative estimate of drug-likeness (QED) is 0.310. The summed E-state index contributed by atoms with van der Waals surface area (Å²) in [6.07, 6.45) is 10.9. The van der Waals surface area contributed by atoms with Crippen molar-refractivity contribution in [3.05, 3.63) is 22.3 Å². The molecule has 1 aromatic rings. The average molecular weight is 459 g/mol. The molecule has 4 heteroatoms. The van der Waals surface area contributed by atoms with Gasteiger partial charge in [0.15, 0.2) is 17.7 Å². The number of carbonyl (C=O) groups is 2. The molecular formula is C29H46O4. The Morgan fingerprint density at radius 2 is 1.58 bits per heavy atom. The van der Waals surface area contributed by atoms with Crippen molar-refractivity contribution < 1.29 is 19.4 Å². The lowest BCUT2D eigenvalue weighted by Gasteiger charge is -2.36. The topological polar surface area (TPSA) is 63.6 Å². The zero-order chi connectivity index (χ0) is 24.8. The number of carbonyl (C=O) groups excluding carboxylic acids is 2. The molecule has 0 radical (unpaired) electrons. The number of phenols is 1. The van der Waals surface area contributed by atoms with Gasteiger partial charge in [0.1, 0.15) is 11.5 Å². The number of aromatic hydroxyl groups is 1. The van der Waals surface area contributed by atoms with Crippen LogP contribution in [0.1, 0.15) is 119 Å². The third-order valence-corrected chi connectivity index (χ3v) is 7.74. The first-order valence-electron chi connectivity index (χ1n) is 13.0. The monoisotopic (exact) mass is 458 g/mol. The zero-order valence-electron chi connectivity index (χ0n) is 22.1. The maximum absolute atomic E-state index is 13.2. The average Bonchev–Trinajstić information content (AvgIpc) is 2.76. The van der Waals surface area contributed by atoms with Crippen molar-refractivity contribution in [1.82, 2.24) is 0 Å². The van der Waals surface area contributed by atoms with Crippen LogP contribution in [-0.4, -0.2) is 22.8 Å². The summed E-state index contributed by atoms with van der Waals surface area (Å²) < 4.78 is 6.27. The van der Waals surface area contributed by atoms with Crippen LogP contribution >= 0.6 is 0 Å². The van der Waals surface area contributed by atoms with Gasteiger partial charge in [0, 0.05) is 12.0 Å². The van der Waals surface area contributed by atoms with E-state index in [-0.39, 0.29) is 11.5 Å². The van der Waals surface area contributed by atoms with Crippen LogP contribution in [0.2, 0.25) is 0 Å². The number of phenolic OH excluding ortho intramolecular Hbond substituents is 1. The first kappa shape index (κ1) is 27.4. The Labute approximate surface area is 201 Å². The molecule has 0 unspecified atom stereocenters. The molecule has 1 aliphatic heterocycles. The van der Waals surface area contributed by atoms with Gasteiger partial charge in [-0.15, -0.1) is 0 Å². The van der Waals surface area contributed by atoms with E-state index in [1.165, 1.54) is 38.5 Å². The SMILES string of the molecule is Cc1c(C)c2c(c(C=O)c1O)CC[C@@](C)(C(=O)CC[C@H](C)CCC[C@H](C)CCCC(C)C)O2. The first-order valence-corrected chi connectivity index (χ1v) is 13.0. The Morgan fingerprint density at radius 3 is 2.15 bits per heavy atom. The number of hydrogen-bond acceptors (Lipinski definition) is 4. The van der Waals surface area contributed by atoms with Crippen molar-refractivity contribution in [2.75, 3.05) is 0 Å². The Bertz CT molecular complexity index is 826. The normalized spacial score (nSPS) is 19.6. The molecule has 3 atom stereocenters. The summed E-state index contributed by atoms with van der Waals surface area (Å²) in [6, 6.07) is 0. The van der Waals surface area contributed by atoms with Gasteiger partial charge in [0.05, 0.1) is 5.56 Å². The van der Waals surface area contributed by atoms with Crippen LogP contribution in [-0.2, 0) is 11.2 Å². The third-order valence-electron chi connectivity index (χ3n) is 7.74. The molecule has 0 saturated heterocycles. The largest absolute Gasteiger partial charge is 0.507 e. The van der Waals surface area contributed by atoms with Crippen molar-refractivity contribution in [1.29, 1.82) is 0 Å². The summed E-state index contributed by atoms with van der Waals surface area (Å²) in [6.45, 7) is 14.7. The number of Topliss-reactive ketones (excluding diaryl/α,β-unsaturated/α-hetero) is 1. The lowest BCUT2D eigenvalue weighted by Crippen LogP contribution is -2.45. The van der Waals surface area contributed by atoms with Gasteiger partial charge in [-0.1, -0.05) is 66.2 Å². The second-order valence-corrected chi connectivity index (χ2v) is 11.2. The Kier molecular flexibility index (Phi) is 10.00. The molecule has 0 aliphatic carbocycles. The third kappa shape index (κ3) is 7.07. The molecule has 0 amide bonds. The minimum atomic E-state index is -0.869. The summed E-state index contributed by atoms with van der Waals surface area (Å²) in [7, 11) is 0. The van der Waals surface area contributed by atoms with Crippen molar-refractivity contribution in [3.8, 4) is 11.5 Å². The zero-order valence-corrected chi connectivity index (χ0v) is 22.1. The molecule has 0 spiro atoms. The number of ether oxygens (including phenoxy) is 1. The van der Waals surface area contributed by atoms with Crippen LogP contribution in [0, 0.1) is 31.6 Å². The molecule has 1 aromatic carbocycles. The number of fused-ring (bicyclic) bond motifs is 1. The van der Waals surface area contributed by atoms with Crippen molar-refractivity contribution in [2.45, 2.75) is 118 Å². The first-order chi connectivity index (χ1) is 15.5. The highest BCUT2D eigenvalue weighted by molar-refractivity contribution is 5.89. The molecule has 33 heavy (non-hydrogen) atoms. The number of aldehydes is 1. The van der Waals surface area contributed by atoms with Gasteiger partial charge in [-0.2, -0.15) is 0 Å². The van der Waals surface area contributed by atoms with Crippen LogP contribution < -0.4 is 4.74 Å². The van der Waals surface area contributed by atoms with Crippen LogP contribution in [0.25, 0.3) is 0 Å². The summed E-state index contributed by atoms with van der Waals surface area (Å²) in [5.74, 6) is 2.88. The smallest absolute Gasteiger partial charge is 0.176 e. The minimum absolute atomic E-state index is 0.0304. The van der Waals surface area contributed by atoms with Crippen LogP contribution in [0.5, 0.6) is 11.5 Å². The van der Waals surface area contributed by atoms with Crippen molar-refractivity contribution in [3.63, 3.8) is 0 Å². The van der Waals surface area contributed by atoms with Gasteiger partial charge < -0.3 is 9.84 Å². The van der Waals surface area contributed by atoms with E-state index in [4.69, 9.17) is 4.74 Å². The fourth-order valence-corrected chi connectivity index (χ4v) is 5.01. The molecule has 1 aliphatic rings. The highest BCUT2D eigenvalue weighted by Gasteiger charge is 2.40. The van der Waals surface area contributed by atoms with E-state index in [9.17, 15) is 14.7 Å². The van der Waals surface area contributed by atoms with Gasteiger partial charge in [0.25, 0.3) is 0 Å².